The van der Waals surface area contributed by atoms with Crippen LogP contribution in [0.25, 0.3) is 10.2 Å². The largest absolute Gasteiger partial charge is 0.494 e. The molecule has 0 aliphatic rings. The fourth-order valence-corrected chi connectivity index (χ4v) is 2.93. The monoisotopic (exact) mass is 352 g/mol. The Morgan fingerprint density at radius 2 is 2.25 bits per heavy atom. The van der Waals surface area contributed by atoms with E-state index in [1.165, 1.54) is 11.3 Å². The van der Waals surface area contributed by atoms with Gasteiger partial charge in [-0.15, -0.1) is 0 Å². The highest BCUT2D eigenvalue weighted by molar-refractivity contribution is 7.22. The van der Waals surface area contributed by atoms with Gasteiger partial charge < -0.3 is 26.2 Å². The van der Waals surface area contributed by atoms with Gasteiger partial charge in [0.1, 0.15) is 17.4 Å². The van der Waals surface area contributed by atoms with E-state index in [2.05, 4.69) is 15.6 Å². The van der Waals surface area contributed by atoms with Crippen LogP contribution in [-0.2, 0) is 9.59 Å². The Morgan fingerprint density at radius 1 is 1.46 bits per heavy atom. The summed E-state index contributed by atoms with van der Waals surface area (Å²) in [4.78, 5) is 26.8. The molecule has 1 atom stereocenters. The number of aromatic nitrogens is 1. The molecule has 0 radical (unpaired) electrons. The van der Waals surface area contributed by atoms with Gasteiger partial charge in [0, 0.05) is 6.54 Å². The van der Waals surface area contributed by atoms with Crippen molar-refractivity contribution in [2.75, 3.05) is 25.5 Å². The molecule has 24 heavy (non-hydrogen) atoms. The molecule has 1 unspecified atom stereocenters. The van der Waals surface area contributed by atoms with Crippen LogP contribution in [0.5, 0.6) is 5.75 Å². The molecule has 0 fully saturated rings. The summed E-state index contributed by atoms with van der Waals surface area (Å²) in [6.45, 7) is 0.443. The fraction of sp³-hybridized carbons (Fsp3) is 0.400. The molecule has 130 valence electrons. The molecule has 1 aromatic carbocycles. The summed E-state index contributed by atoms with van der Waals surface area (Å²) in [5.41, 5.74) is 5.70. The highest BCUT2D eigenvalue weighted by atomic mass is 32.1. The van der Waals surface area contributed by atoms with Crippen LogP contribution < -0.4 is 21.1 Å². The number of fused-ring (bicyclic) bond motifs is 1. The van der Waals surface area contributed by atoms with Crippen LogP contribution in [0.4, 0.5) is 5.13 Å². The molecule has 1 heterocycles. The number of carbonyl (C=O) groups excluding carboxylic acids is 2. The number of hydrogen-bond acceptors (Lipinski definition) is 7. The van der Waals surface area contributed by atoms with Crippen LogP contribution in [-0.4, -0.2) is 48.2 Å². The van der Waals surface area contributed by atoms with Crippen molar-refractivity contribution in [1.82, 2.24) is 10.3 Å². The smallest absolute Gasteiger partial charge is 0.246 e. The third-order valence-corrected chi connectivity index (χ3v) is 4.29. The first-order valence-corrected chi connectivity index (χ1v) is 8.24. The number of primary amides is 1. The lowest BCUT2D eigenvalue weighted by atomic mass is 10.2. The molecule has 2 amide bonds. The molecule has 8 nitrogen and oxygen atoms in total. The molecule has 1 aromatic heterocycles. The van der Waals surface area contributed by atoms with E-state index in [1.54, 1.807) is 7.11 Å². The Bertz CT molecular complexity index is 719. The van der Waals surface area contributed by atoms with Crippen molar-refractivity contribution in [1.29, 1.82) is 0 Å². The number of aliphatic hydroxyl groups is 1. The molecule has 2 rings (SSSR count). The average molecular weight is 352 g/mol. The topological polar surface area (TPSA) is 127 Å². The molecule has 5 N–H and O–H groups in total. The number of anilines is 1. The van der Waals surface area contributed by atoms with Crippen LogP contribution in [0.15, 0.2) is 18.2 Å². The predicted molar refractivity (Wildman–Crippen MR) is 92.1 cm³/mol. The van der Waals surface area contributed by atoms with E-state index in [0.717, 1.165) is 10.2 Å². The second-order valence-corrected chi connectivity index (χ2v) is 6.12. The maximum atomic E-state index is 11.8. The molecular formula is C15H20N4O4S. The minimum Gasteiger partial charge on any atom is -0.494 e. The summed E-state index contributed by atoms with van der Waals surface area (Å²) < 4.78 is 6.22. The zero-order valence-electron chi connectivity index (χ0n) is 13.2. The zero-order valence-corrected chi connectivity index (χ0v) is 14.1. The van der Waals surface area contributed by atoms with Crippen LogP contribution >= 0.6 is 11.3 Å². The molecule has 0 spiro atoms. The molecule has 0 aliphatic carbocycles. The lowest BCUT2D eigenvalue weighted by Crippen LogP contribution is -2.32. The van der Waals surface area contributed by atoms with Gasteiger partial charge >= 0.3 is 0 Å². The summed E-state index contributed by atoms with van der Waals surface area (Å²) in [6.07, 6.45) is -0.479. The van der Waals surface area contributed by atoms with Gasteiger partial charge in [-0.2, -0.15) is 0 Å². The first-order valence-electron chi connectivity index (χ1n) is 7.42. The average Bonchev–Trinajstić information content (AvgIpc) is 2.99. The van der Waals surface area contributed by atoms with Gasteiger partial charge in [-0.1, -0.05) is 17.4 Å². The summed E-state index contributed by atoms with van der Waals surface area (Å²) in [7, 11) is 1.59. The third-order valence-electron chi connectivity index (χ3n) is 3.31. The molecule has 0 saturated heterocycles. The number of hydrogen-bond donors (Lipinski definition) is 4. The Balaban J connectivity index is 1.77. The molecule has 9 heteroatoms. The number of aliphatic hydroxyl groups excluding tert-OH is 1. The molecule has 0 saturated carbocycles. The van der Waals surface area contributed by atoms with Gasteiger partial charge in [0.2, 0.25) is 11.8 Å². The van der Waals surface area contributed by atoms with Crippen LogP contribution in [0.1, 0.15) is 12.8 Å². The van der Waals surface area contributed by atoms with Gasteiger partial charge in [0.15, 0.2) is 5.13 Å². The van der Waals surface area contributed by atoms with E-state index in [9.17, 15) is 14.7 Å². The normalized spacial score (nSPS) is 11.9. The van der Waals surface area contributed by atoms with E-state index in [0.29, 0.717) is 23.8 Å². The van der Waals surface area contributed by atoms with E-state index in [-0.39, 0.29) is 18.9 Å². The van der Waals surface area contributed by atoms with Crippen molar-refractivity contribution in [3.05, 3.63) is 18.2 Å². The van der Waals surface area contributed by atoms with Gasteiger partial charge in [0.05, 0.1) is 18.4 Å². The molecular weight excluding hydrogens is 332 g/mol. The summed E-state index contributed by atoms with van der Waals surface area (Å²) in [5, 5.41) is 15.5. The fourth-order valence-electron chi connectivity index (χ4n) is 2.05. The lowest BCUT2D eigenvalue weighted by molar-refractivity contribution is -0.126. The lowest BCUT2D eigenvalue weighted by Gasteiger charge is -2.07. The number of nitrogens with two attached hydrogens (primary N) is 1. The number of methoxy groups -OCH3 is 1. The second kappa shape index (κ2) is 8.46. The van der Waals surface area contributed by atoms with Crippen molar-refractivity contribution in [3.8, 4) is 5.75 Å². The molecule has 0 aliphatic heterocycles. The van der Waals surface area contributed by atoms with Crippen molar-refractivity contribution < 1.29 is 19.4 Å². The summed E-state index contributed by atoms with van der Waals surface area (Å²) in [6, 6.07) is 5.65. The SMILES string of the molecule is COc1cccc2sc(NCC(=O)NCCCC(O)C(N)=O)nc12. The van der Waals surface area contributed by atoms with Crippen molar-refractivity contribution in [2.24, 2.45) is 5.73 Å². The van der Waals surface area contributed by atoms with E-state index >= 15 is 0 Å². The van der Waals surface area contributed by atoms with Gasteiger partial charge in [-0.25, -0.2) is 4.98 Å². The van der Waals surface area contributed by atoms with Crippen molar-refractivity contribution in [3.63, 3.8) is 0 Å². The number of carbonyl (C=O) groups is 2. The van der Waals surface area contributed by atoms with Gasteiger partial charge in [-0.05, 0) is 25.0 Å². The summed E-state index contributed by atoms with van der Waals surface area (Å²) >= 11 is 1.44. The predicted octanol–water partition coefficient (Wildman–Crippen LogP) is 0.459. The van der Waals surface area contributed by atoms with Crippen LogP contribution in [0.2, 0.25) is 0 Å². The van der Waals surface area contributed by atoms with Crippen molar-refractivity contribution >= 4 is 38.5 Å². The number of rotatable bonds is 9. The Hall–Kier alpha value is -2.39. The molecule has 0 bridgehead atoms. The van der Waals surface area contributed by atoms with E-state index in [1.807, 2.05) is 18.2 Å². The first-order chi connectivity index (χ1) is 11.5. The first kappa shape index (κ1) is 18.0. The number of ether oxygens (including phenoxy) is 1. The number of nitrogens with zero attached hydrogens (tertiary/aromatic N) is 1. The minimum atomic E-state index is -1.17. The Morgan fingerprint density at radius 3 is 2.96 bits per heavy atom. The van der Waals surface area contributed by atoms with Crippen molar-refractivity contribution in [2.45, 2.75) is 18.9 Å². The standard InChI is InChI=1S/C15H20N4O4S/c1-23-10-5-2-6-11-13(10)19-15(24-11)18-8-12(21)17-7-3-4-9(20)14(16)22/h2,5-6,9,20H,3-4,7-8H2,1H3,(H2,16,22)(H,17,21)(H,18,19). The maximum Gasteiger partial charge on any atom is 0.246 e. The Labute approximate surface area is 143 Å². The third kappa shape index (κ3) is 4.80. The number of benzene rings is 1. The van der Waals surface area contributed by atoms with Gasteiger partial charge in [-0.3, -0.25) is 9.59 Å². The second-order valence-electron chi connectivity index (χ2n) is 5.09. The number of nitrogens with one attached hydrogen (secondary N) is 2. The quantitative estimate of drug-likeness (QED) is 0.486. The maximum absolute atomic E-state index is 11.8. The van der Waals surface area contributed by atoms with Gasteiger partial charge in [0.25, 0.3) is 0 Å². The summed E-state index contributed by atoms with van der Waals surface area (Å²) in [5.74, 6) is -0.265. The molecule has 2 aromatic rings. The Kier molecular flexibility index (Phi) is 6.33. The number of amides is 2. The highest BCUT2D eigenvalue weighted by Gasteiger charge is 2.11. The zero-order chi connectivity index (χ0) is 17.5. The highest BCUT2D eigenvalue weighted by Crippen LogP contribution is 2.31. The van der Waals surface area contributed by atoms with E-state index < -0.39 is 12.0 Å². The number of para-hydroxylation sites is 1. The van der Waals surface area contributed by atoms with E-state index in [4.69, 9.17) is 10.5 Å². The van der Waals surface area contributed by atoms with Crippen LogP contribution in [0, 0.1) is 0 Å². The minimum absolute atomic E-state index is 0.0838. The van der Waals surface area contributed by atoms with Crippen LogP contribution in [0.3, 0.4) is 0 Å². The number of thiazole rings is 1.